The molecule has 34 heavy (non-hydrogen) atoms. The summed E-state index contributed by atoms with van der Waals surface area (Å²) in [5, 5.41) is 3.80. The summed E-state index contributed by atoms with van der Waals surface area (Å²) in [6, 6.07) is 12.7. The van der Waals surface area contributed by atoms with E-state index in [2.05, 4.69) is 20.1 Å². The monoisotopic (exact) mass is 467 g/mol. The summed E-state index contributed by atoms with van der Waals surface area (Å²) in [6.45, 7) is 1.52. The summed E-state index contributed by atoms with van der Waals surface area (Å²) in [5.41, 5.74) is -2.36. The predicted molar refractivity (Wildman–Crippen MR) is 119 cm³/mol. The summed E-state index contributed by atoms with van der Waals surface area (Å²) in [4.78, 5) is 35.9. The molecule has 5 rings (SSSR count). The van der Waals surface area contributed by atoms with Crippen molar-refractivity contribution in [2.75, 3.05) is 7.11 Å². The van der Waals surface area contributed by atoms with E-state index in [-0.39, 0.29) is 44.8 Å². The molecule has 0 aliphatic heterocycles. The number of aromatic nitrogens is 5. The van der Waals surface area contributed by atoms with Crippen molar-refractivity contribution in [2.45, 2.75) is 13.1 Å². The number of rotatable bonds is 3. The molecule has 0 fully saturated rings. The van der Waals surface area contributed by atoms with Gasteiger partial charge in [-0.2, -0.15) is 22.8 Å². The van der Waals surface area contributed by atoms with Crippen LogP contribution in [-0.4, -0.2) is 31.7 Å². The van der Waals surface area contributed by atoms with Crippen LogP contribution in [0.3, 0.4) is 0 Å². The fraction of sp³-hybridized carbons (Fsp3) is 0.130. The lowest BCUT2D eigenvalue weighted by Gasteiger charge is -2.09. The summed E-state index contributed by atoms with van der Waals surface area (Å²) in [5.74, 6) is 0.199. The molecule has 5 aromatic rings. The van der Waals surface area contributed by atoms with Crippen LogP contribution in [0.5, 0.6) is 5.75 Å². The smallest absolute Gasteiger partial charge is 0.435 e. The van der Waals surface area contributed by atoms with Crippen LogP contribution >= 0.6 is 0 Å². The molecule has 3 aromatic heterocycles. The average Bonchev–Trinajstić information content (AvgIpc) is 3.19. The van der Waals surface area contributed by atoms with Gasteiger partial charge in [-0.25, -0.2) is 4.98 Å². The number of halogens is 3. The van der Waals surface area contributed by atoms with Gasteiger partial charge in [0, 0.05) is 5.69 Å². The number of aryl methyl sites for hydroxylation is 1. The van der Waals surface area contributed by atoms with Gasteiger partial charge in [-0.1, -0.05) is 36.4 Å². The average molecular weight is 467 g/mol. The first-order valence-corrected chi connectivity index (χ1v) is 10.1. The number of alkyl halides is 3. The number of nitrogens with zero attached hydrogens (tertiary/aromatic N) is 3. The number of hydrogen-bond acceptors (Lipinski definition) is 5. The van der Waals surface area contributed by atoms with E-state index < -0.39 is 23.0 Å². The van der Waals surface area contributed by atoms with Crippen molar-refractivity contribution >= 4 is 16.6 Å². The molecule has 172 valence electrons. The van der Waals surface area contributed by atoms with Crippen molar-refractivity contribution in [3.05, 3.63) is 80.6 Å². The number of H-pyrrole nitrogens is 2. The molecule has 0 aliphatic rings. The first kappa shape index (κ1) is 21.4. The third kappa shape index (κ3) is 3.24. The Morgan fingerprint density at radius 3 is 2.38 bits per heavy atom. The molecule has 0 bridgehead atoms. The molecular formula is C23H16F3N5O3. The predicted octanol–water partition coefficient (Wildman–Crippen LogP) is 3.93. The van der Waals surface area contributed by atoms with Crippen LogP contribution in [0, 0.1) is 6.92 Å². The van der Waals surface area contributed by atoms with E-state index in [4.69, 9.17) is 4.74 Å². The molecule has 0 radical (unpaired) electrons. The second-order valence-electron chi connectivity index (χ2n) is 7.55. The number of hydrogen-bond donors (Lipinski definition) is 2. The minimum atomic E-state index is -4.81. The SMILES string of the molecule is COc1cccc2nc(-c3c(C)[nH]c4c(-c5ccccc5)c(C(F)(F)F)nn4c3=O)[nH]c(=O)c12. The van der Waals surface area contributed by atoms with E-state index in [0.717, 1.165) is 0 Å². The van der Waals surface area contributed by atoms with Crippen molar-refractivity contribution in [1.82, 2.24) is 24.6 Å². The standard InChI is InChI=1S/C23H16F3N5O3/c1-11-15(19-28-13-9-6-10-14(34-2)17(13)21(32)29-19)22(33)31-20(27-11)16(12-7-4-3-5-8-12)18(30-31)23(24,25)26/h3-10,27H,1-2H3,(H,28,29,32). The van der Waals surface area contributed by atoms with Gasteiger partial charge >= 0.3 is 6.18 Å². The maximum Gasteiger partial charge on any atom is 0.435 e. The van der Waals surface area contributed by atoms with Gasteiger partial charge in [0.05, 0.1) is 18.2 Å². The van der Waals surface area contributed by atoms with E-state index >= 15 is 0 Å². The normalized spacial score (nSPS) is 11.9. The number of benzene rings is 2. The van der Waals surface area contributed by atoms with E-state index in [1.54, 1.807) is 36.4 Å². The van der Waals surface area contributed by atoms with Crippen LogP contribution < -0.4 is 15.9 Å². The highest BCUT2D eigenvalue weighted by Gasteiger charge is 2.39. The highest BCUT2D eigenvalue weighted by Crippen LogP contribution is 2.38. The molecule has 0 saturated heterocycles. The Hall–Kier alpha value is -4.41. The molecule has 0 atom stereocenters. The topological polar surface area (TPSA) is 105 Å². The van der Waals surface area contributed by atoms with Crippen LogP contribution in [0.1, 0.15) is 11.4 Å². The molecule has 0 spiro atoms. The zero-order valence-corrected chi connectivity index (χ0v) is 17.8. The van der Waals surface area contributed by atoms with Gasteiger partial charge in [0.2, 0.25) is 0 Å². The molecule has 2 aromatic carbocycles. The molecule has 8 nitrogen and oxygen atoms in total. The molecule has 0 aliphatic carbocycles. The van der Waals surface area contributed by atoms with Crippen molar-refractivity contribution in [3.8, 4) is 28.3 Å². The Balaban J connectivity index is 1.84. The van der Waals surface area contributed by atoms with E-state index in [1.807, 2.05) is 0 Å². The zero-order chi connectivity index (χ0) is 24.2. The van der Waals surface area contributed by atoms with Crippen LogP contribution in [-0.2, 0) is 6.18 Å². The second-order valence-corrected chi connectivity index (χ2v) is 7.55. The Bertz CT molecular complexity index is 1680. The van der Waals surface area contributed by atoms with Gasteiger partial charge in [0.1, 0.15) is 28.2 Å². The number of ether oxygens (including phenoxy) is 1. The number of fused-ring (bicyclic) bond motifs is 2. The lowest BCUT2D eigenvalue weighted by atomic mass is 10.1. The lowest BCUT2D eigenvalue weighted by molar-refractivity contribution is -0.140. The van der Waals surface area contributed by atoms with Crippen molar-refractivity contribution in [1.29, 1.82) is 0 Å². The molecule has 0 saturated carbocycles. The first-order valence-electron chi connectivity index (χ1n) is 10.1. The molecule has 3 heterocycles. The van der Waals surface area contributed by atoms with Crippen LogP contribution in [0.4, 0.5) is 13.2 Å². The second kappa shape index (κ2) is 7.58. The largest absolute Gasteiger partial charge is 0.496 e. The summed E-state index contributed by atoms with van der Waals surface area (Å²) in [6.07, 6.45) is -4.81. The Morgan fingerprint density at radius 2 is 1.71 bits per heavy atom. The maximum atomic E-state index is 13.9. The molecule has 0 amide bonds. The highest BCUT2D eigenvalue weighted by molar-refractivity contribution is 5.86. The van der Waals surface area contributed by atoms with Crippen LogP contribution in [0.2, 0.25) is 0 Å². The Kier molecular flexibility index (Phi) is 4.78. The van der Waals surface area contributed by atoms with Crippen molar-refractivity contribution in [2.24, 2.45) is 0 Å². The van der Waals surface area contributed by atoms with Gasteiger partial charge in [-0.3, -0.25) is 9.59 Å². The number of nitrogens with one attached hydrogen (secondary N) is 2. The maximum absolute atomic E-state index is 13.9. The van der Waals surface area contributed by atoms with Gasteiger partial charge < -0.3 is 14.7 Å². The Labute approximate surface area is 188 Å². The quantitative estimate of drug-likeness (QED) is 0.418. The summed E-state index contributed by atoms with van der Waals surface area (Å²) in [7, 11) is 1.41. The summed E-state index contributed by atoms with van der Waals surface area (Å²) < 4.78 is 47.4. The van der Waals surface area contributed by atoms with E-state index in [1.165, 1.54) is 26.2 Å². The fourth-order valence-electron chi connectivity index (χ4n) is 3.99. The van der Waals surface area contributed by atoms with Crippen LogP contribution in [0.25, 0.3) is 39.1 Å². The molecule has 0 unspecified atom stereocenters. The lowest BCUT2D eigenvalue weighted by Crippen LogP contribution is -2.22. The minimum absolute atomic E-state index is 0.100. The zero-order valence-electron chi connectivity index (χ0n) is 17.8. The summed E-state index contributed by atoms with van der Waals surface area (Å²) >= 11 is 0. The van der Waals surface area contributed by atoms with E-state index in [0.29, 0.717) is 10.3 Å². The van der Waals surface area contributed by atoms with Gasteiger partial charge in [0.25, 0.3) is 11.1 Å². The first-order chi connectivity index (χ1) is 16.2. The highest BCUT2D eigenvalue weighted by atomic mass is 19.4. The van der Waals surface area contributed by atoms with E-state index in [9.17, 15) is 22.8 Å². The van der Waals surface area contributed by atoms with Crippen molar-refractivity contribution < 1.29 is 17.9 Å². The number of aromatic amines is 2. The Morgan fingerprint density at radius 1 is 0.971 bits per heavy atom. The minimum Gasteiger partial charge on any atom is -0.496 e. The molecule has 11 heteroatoms. The van der Waals surface area contributed by atoms with Gasteiger partial charge in [-0.15, -0.1) is 0 Å². The molecular weight excluding hydrogens is 451 g/mol. The molecule has 2 N–H and O–H groups in total. The van der Waals surface area contributed by atoms with Gasteiger partial charge in [0.15, 0.2) is 5.69 Å². The third-order valence-corrected chi connectivity index (χ3v) is 5.46. The van der Waals surface area contributed by atoms with Gasteiger partial charge in [-0.05, 0) is 24.6 Å². The van der Waals surface area contributed by atoms with Crippen molar-refractivity contribution in [3.63, 3.8) is 0 Å². The third-order valence-electron chi connectivity index (χ3n) is 5.46. The number of methoxy groups -OCH3 is 1. The fourth-order valence-corrected chi connectivity index (χ4v) is 3.99. The van der Waals surface area contributed by atoms with Crippen LogP contribution in [0.15, 0.2) is 58.1 Å².